The lowest BCUT2D eigenvalue weighted by atomic mass is 10.1. The maximum Gasteiger partial charge on any atom is 0.128 e. The van der Waals surface area contributed by atoms with E-state index in [1.807, 2.05) is 37.3 Å². The summed E-state index contributed by atoms with van der Waals surface area (Å²) in [6.07, 6.45) is 1.71. The molecule has 0 spiro atoms. The number of furan rings is 1. The third-order valence-corrected chi connectivity index (χ3v) is 2.74. The van der Waals surface area contributed by atoms with Crippen LogP contribution in [0.2, 0.25) is 5.02 Å². The second-order valence-electron chi connectivity index (χ2n) is 3.84. The molecule has 0 aliphatic carbocycles. The summed E-state index contributed by atoms with van der Waals surface area (Å²) < 4.78 is 5.43. The SMILES string of the molecule is Cc1ccoc1C(C)Nc1cccc(Cl)c1. The Morgan fingerprint density at radius 1 is 1.31 bits per heavy atom. The zero-order chi connectivity index (χ0) is 11.5. The highest BCUT2D eigenvalue weighted by molar-refractivity contribution is 6.30. The largest absolute Gasteiger partial charge is 0.467 e. The number of rotatable bonds is 3. The van der Waals surface area contributed by atoms with Crippen molar-refractivity contribution in [1.29, 1.82) is 0 Å². The maximum absolute atomic E-state index is 5.92. The van der Waals surface area contributed by atoms with Gasteiger partial charge >= 0.3 is 0 Å². The normalized spacial score (nSPS) is 12.4. The fourth-order valence-corrected chi connectivity index (χ4v) is 1.91. The summed E-state index contributed by atoms with van der Waals surface area (Å²) in [6.45, 7) is 4.10. The molecule has 2 aromatic rings. The van der Waals surface area contributed by atoms with Gasteiger partial charge in [0.25, 0.3) is 0 Å². The van der Waals surface area contributed by atoms with Crippen LogP contribution in [-0.2, 0) is 0 Å². The van der Waals surface area contributed by atoms with E-state index < -0.39 is 0 Å². The molecule has 0 fully saturated rings. The maximum atomic E-state index is 5.92. The van der Waals surface area contributed by atoms with E-state index in [2.05, 4.69) is 12.2 Å². The van der Waals surface area contributed by atoms with Crippen molar-refractivity contribution in [2.75, 3.05) is 5.32 Å². The van der Waals surface area contributed by atoms with Crippen LogP contribution in [0.15, 0.2) is 41.0 Å². The number of anilines is 1. The molecule has 1 aromatic carbocycles. The molecule has 0 radical (unpaired) electrons. The minimum atomic E-state index is 0.133. The first-order chi connectivity index (χ1) is 7.66. The van der Waals surface area contributed by atoms with Gasteiger partial charge in [-0.25, -0.2) is 0 Å². The number of aryl methyl sites for hydroxylation is 1. The lowest BCUT2D eigenvalue weighted by Gasteiger charge is -2.14. The first kappa shape index (κ1) is 11.1. The standard InChI is InChI=1S/C13H14ClNO/c1-9-6-7-16-13(9)10(2)15-12-5-3-4-11(14)8-12/h3-8,10,15H,1-2H3. The molecule has 16 heavy (non-hydrogen) atoms. The Hall–Kier alpha value is -1.41. The van der Waals surface area contributed by atoms with Crippen molar-refractivity contribution < 1.29 is 4.42 Å². The van der Waals surface area contributed by atoms with Crippen LogP contribution >= 0.6 is 11.6 Å². The molecule has 1 aromatic heterocycles. The van der Waals surface area contributed by atoms with E-state index in [0.717, 1.165) is 22.0 Å². The molecule has 0 aliphatic rings. The average Bonchev–Trinajstić information content (AvgIpc) is 2.64. The molecule has 1 N–H and O–H groups in total. The number of benzene rings is 1. The first-order valence-corrected chi connectivity index (χ1v) is 5.60. The summed E-state index contributed by atoms with van der Waals surface area (Å²) in [5.74, 6) is 0.958. The lowest BCUT2D eigenvalue weighted by molar-refractivity contribution is 0.487. The van der Waals surface area contributed by atoms with Crippen molar-refractivity contribution in [2.45, 2.75) is 19.9 Å². The summed E-state index contributed by atoms with van der Waals surface area (Å²) in [5.41, 5.74) is 2.15. The number of nitrogens with one attached hydrogen (secondary N) is 1. The smallest absolute Gasteiger partial charge is 0.128 e. The van der Waals surface area contributed by atoms with Crippen LogP contribution in [0.1, 0.15) is 24.3 Å². The van der Waals surface area contributed by atoms with Gasteiger partial charge in [-0.15, -0.1) is 0 Å². The van der Waals surface area contributed by atoms with Gasteiger partial charge in [0.05, 0.1) is 12.3 Å². The molecule has 0 saturated heterocycles. The van der Waals surface area contributed by atoms with Crippen LogP contribution < -0.4 is 5.32 Å². The first-order valence-electron chi connectivity index (χ1n) is 5.23. The van der Waals surface area contributed by atoms with E-state index in [1.54, 1.807) is 6.26 Å². The molecule has 1 atom stereocenters. The summed E-state index contributed by atoms with van der Waals surface area (Å²) in [5, 5.41) is 4.08. The van der Waals surface area contributed by atoms with Crippen LogP contribution in [0, 0.1) is 6.92 Å². The Morgan fingerprint density at radius 3 is 2.75 bits per heavy atom. The molecule has 3 heteroatoms. The number of halogens is 1. The number of hydrogen-bond acceptors (Lipinski definition) is 2. The molecule has 1 heterocycles. The Kier molecular flexibility index (Phi) is 3.20. The summed E-state index contributed by atoms with van der Waals surface area (Å²) in [7, 11) is 0. The molecular formula is C13H14ClNO. The fraction of sp³-hybridized carbons (Fsp3) is 0.231. The highest BCUT2D eigenvalue weighted by Gasteiger charge is 2.11. The van der Waals surface area contributed by atoms with Crippen LogP contribution in [-0.4, -0.2) is 0 Å². The van der Waals surface area contributed by atoms with E-state index in [9.17, 15) is 0 Å². The molecule has 0 aliphatic heterocycles. The highest BCUT2D eigenvalue weighted by atomic mass is 35.5. The quantitative estimate of drug-likeness (QED) is 0.852. The van der Waals surface area contributed by atoms with Gasteiger partial charge in [0.2, 0.25) is 0 Å². The van der Waals surface area contributed by atoms with E-state index in [0.29, 0.717) is 0 Å². The summed E-state index contributed by atoms with van der Waals surface area (Å²) in [4.78, 5) is 0. The molecule has 0 amide bonds. The Bertz CT molecular complexity index is 478. The van der Waals surface area contributed by atoms with E-state index in [4.69, 9.17) is 16.0 Å². The zero-order valence-electron chi connectivity index (χ0n) is 9.33. The fourth-order valence-electron chi connectivity index (χ4n) is 1.72. The summed E-state index contributed by atoms with van der Waals surface area (Å²) in [6, 6.07) is 9.76. The third-order valence-electron chi connectivity index (χ3n) is 2.50. The second-order valence-corrected chi connectivity index (χ2v) is 4.28. The second kappa shape index (κ2) is 4.62. The van der Waals surface area contributed by atoms with Crippen LogP contribution in [0.25, 0.3) is 0 Å². The highest BCUT2D eigenvalue weighted by Crippen LogP contribution is 2.24. The Balaban J connectivity index is 2.14. The van der Waals surface area contributed by atoms with Crippen molar-refractivity contribution >= 4 is 17.3 Å². The predicted molar refractivity (Wildman–Crippen MR) is 66.9 cm³/mol. The molecule has 2 rings (SSSR count). The van der Waals surface area contributed by atoms with Crippen LogP contribution in [0.5, 0.6) is 0 Å². The van der Waals surface area contributed by atoms with Gasteiger partial charge in [0.1, 0.15) is 5.76 Å². The van der Waals surface area contributed by atoms with Gasteiger partial charge in [-0.05, 0) is 43.7 Å². The van der Waals surface area contributed by atoms with Crippen molar-refractivity contribution in [3.63, 3.8) is 0 Å². The van der Waals surface area contributed by atoms with Crippen LogP contribution in [0.4, 0.5) is 5.69 Å². The third kappa shape index (κ3) is 2.39. The van der Waals surface area contributed by atoms with Crippen molar-refractivity contribution in [3.05, 3.63) is 52.9 Å². The van der Waals surface area contributed by atoms with Crippen molar-refractivity contribution in [2.24, 2.45) is 0 Å². The topological polar surface area (TPSA) is 25.2 Å². The van der Waals surface area contributed by atoms with E-state index in [-0.39, 0.29) is 6.04 Å². The summed E-state index contributed by atoms with van der Waals surface area (Å²) >= 11 is 5.92. The molecular weight excluding hydrogens is 222 g/mol. The van der Waals surface area contributed by atoms with Gasteiger partial charge in [0, 0.05) is 10.7 Å². The van der Waals surface area contributed by atoms with E-state index >= 15 is 0 Å². The lowest BCUT2D eigenvalue weighted by Crippen LogP contribution is -2.06. The Morgan fingerprint density at radius 2 is 2.12 bits per heavy atom. The van der Waals surface area contributed by atoms with Gasteiger partial charge in [0.15, 0.2) is 0 Å². The molecule has 0 bridgehead atoms. The molecule has 2 nitrogen and oxygen atoms in total. The monoisotopic (exact) mass is 235 g/mol. The molecule has 0 saturated carbocycles. The Labute approximate surface area is 100 Å². The van der Waals surface area contributed by atoms with Gasteiger partial charge in [-0.3, -0.25) is 0 Å². The van der Waals surface area contributed by atoms with Gasteiger partial charge < -0.3 is 9.73 Å². The average molecular weight is 236 g/mol. The van der Waals surface area contributed by atoms with Crippen molar-refractivity contribution in [3.8, 4) is 0 Å². The molecule has 84 valence electrons. The van der Waals surface area contributed by atoms with Crippen molar-refractivity contribution in [1.82, 2.24) is 0 Å². The van der Waals surface area contributed by atoms with E-state index in [1.165, 1.54) is 0 Å². The number of hydrogen-bond donors (Lipinski definition) is 1. The molecule has 1 unspecified atom stereocenters. The van der Waals surface area contributed by atoms with Gasteiger partial charge in [-0.1, -0.05) is 17.7 Å². The van der Waals surface area contributed by atoms with Crippen LogP contribution in [0.3, 0.4) is 0 Å². The minimum absolute atomic E-state index is 0.133. The predicted octanol–water partition coefficient (Wildman–Crippen LogP) is 4.41. The zero-order valence-corrected chi connectivity index (χ0v) is 10.1. The van der Waals surface area contributed by atoms with Gasteiger partial charge in [-0.2, -0.15) is 0 Å². The minimum Gasteiger partial charge on any atom is -0.467 e.